The largest absolute Gasteiger partial charge is 0.476 e. The second kappa shape index (κ2) is 47.7. The summed E-state index contributed by atoms with van der Waals surface area (Å²) in [6, 6.07) is -4.57. The van der Waals surface area contributed by atoms with E-state index < -0.39 is 210 Å². The van der Waals surface area contributed by atoms with Crippen LogP contribution >= 0.6 is 76.0 Å². The van der Waals surface area contributed by atoms with E-state index in [4.69, 9.17) is 173 Å². The van der Waals surface area contributed by atoms with Crippen molar-refractivity contribution in [1.82, 2.24) is 0 Å². The number of phosphoric acid groups is 7. The van der Waals surface area contributed by atoms with Gasteiger partial charge in [-0.1, -0.05) is 49.0 Å². The molecule has 67 heteroatoms. The van der Waals surface area contributed by atoms with Gasteiger partial charge in [0.25, 0.3) is 7.47 Å². The Labute approximate surface area is 656 Å². The van der Waals surface area contributed by atoms with Crippen LogP contribution < -0.4 is 0 Å². The summed E-state index contributed by atoms with van der Waals surface area (Å²) >= 11 is 2.03. The van der Waals surface area contributed by atoms with Crippen molar-refractivity contribution in [3.63, 3.8) is 0 Å². The number of hydrogen-bond acceptors (Lipinski definition) is 34. The minimum absolute atomic E-state index is 0. The molecule has 7 fully saturated rings. The molecule has 0 saturated carbocycles. The third-order valence-electron chi connectivity index (χ3n) is 16.0. The standard InChI is InChI=1S/C7H15BO8P2.C6H12B2O8P2.C6H13BO8P2Se.4C6H12BO6P.CH4/c1-4-6(9)5(15-7(4)8)3-14-17(2,10)16-18(11,12)13;1-3-5(9)4(15-6(3)7)2-14-17(8,10)16-18(11,12)13;1-3-5(8)4(14-6(3)7)2-13-17(12,18)15-16(9,10)11;4*1-3-5(8)4(13-6(3)7)2-12-14(9,10)11;/h4-7,9H,3H2,1-2H3,(H2,11,12,13);3-6,9H,2H2,1H3,(H2,11,12,13);3-6,8H,2H2,1H3,(H,12,18)(H2,9,10,11);4*3-6,8H,2H2,1H3,(H2,9,10,11);1H4/t4-,5-,6+,7-,17?;2*3-,4-,5+,6-,17?;4*3-,4-,5+,6-;/m1111111./s1. The van der Waals surface area contributed by atoms with Gasteiger partial charge in [-0.3, -0.25) is 27.2 Å². The molecule has 7 saturated heterocycles. The molecule has 0 spiro atoms. The Hall–Kier alpha value is 1.98. The zero-order valence-corrected chi connectivity index (χ0v) is 69.7. The molecule has 0 aliphatic carbocycles. The molecule has 0 bridgehead atoms. The van der Waals surface area contributed by atoms with Gasteiger partial charge in [0.1, 0.15) is 83.7 Å². The van der Waals surface area contributed by atoms with Crippen molar-refractivity contribution in [3.05, 3.63) is 0 Å². The Morgan fingerprint density at radius 1 is 0.279 bits per heavy atom. The molecule has 22 N–H and O–H groups in total. The van der Waals surface area contributed by atoms with E-state index in [0.717, 1.165) is 6.66 Å². The normalized spacial score (nSPS) is 37.4. The molecule has 31 atom stereocenters. The first-order valence-electron chi connectivity index (χ1n) is 31.3. The number of aliphatic hydroxyl groups excluding tert-OH is 7. The van der Waals surface area contributed by atoms with Crippen LogP contribution in [0.4, 0.5) is 0 Å². The van der Waals surface area contributed by atoms with Crippen molar-refractivity contribution in [3.8, 4) is 0 Å². The van der Waals surface area contributed by atoms with Crippen LogP contribution in [-0.2, 0) is 119 Å². The maximum absolute atomic E-state index is 11.6. The topological polar surface area (TPSA) is 756 Å². The van der Waals surface area contributed by atoms with E-state index in [-0.39, 0.29) is 88.5 Å². The van der Waals surface area contributed by atoms with Crippen molar-refractivity contribution >= 4 is 154 Å². The van der Waals surface area contributed by atoms with Crippen molar-refractivity contribution in [1.29, 1.82) is 0 Å². The van der Waals surface area contributed by atoms with Gasteiger partial charge in [-0.05, 0) is 0 Å². The quantitative estimate of drug-likeness (QED) is 0.0269. The maximum Gasteiger partial charge on any atom is 0.476 e. The molecule has 7 aliphatic rings. The SMILES string of the molecule is C.[B][C@@H]1O[C@H](COP(=O)(O)O)[C@@H](O)[C@H]1C.[B][C@@H]1O[C@H](COP(=O)(O)O)[C@@H](O)[C@H]1C.[B][C@@H]1O[C@H](COP(=O)(O)O)[C@@H](O)[C@H]1C.[B][C@@H]1O[C@H](COP(=O)(O)O)[C@@H](O)[C@H]1C.[B][C@@H]1O[C@H](COP(C)(=O)OP(=O)(O)O)[C@@H](O)[C@H]1C.[B][C@@H]1O[C@H](COP(O)(=[Se])OP(=O)(O)O)[C@@H](O)[C@H]1C.[B][C@@H]1O[C@H](COP([B])(=O)OP(=O)(O)O)[C@@H](O)[C@H]1C. The van der Waals surface area contributed by atoms with Crippen LogP contribution in [0.2, 0.25) is 0 Å². The summed E-state index contributed by atoms with van der Waals surface area (Å²) in [6.45, 7) is 10.1. The monoisotopic (exact) mass is 1870 g/mol. The first kappa shape index (κ1) is 113. The summed E-state index contributed by atoms with van der Waals surface area (Å²) in [6.07, 6.45) is -15.7. The first-order valence-corrected chi connectivity index (χ1v) is 49.4. The molecule has 16 radical (unpaired) electrons. The van der Waals surface area contributed by atoms with Crippen molar-refractivity contribution < 1.29 is 228 Å². The van der Waals surface area contributed by atoms with Crippen LogP contribution in [0.1, 0.15) is 55.9 Å². The average Bonchev–Trinajstić information content (AvgIpc) is 1.70. The van der Waals surface area contributed by atoms with Gasteiger partial charge in [-0.15, -0.1) is 0 Å². The average molecular weight is 1860 g/mol. The zero-order chi connectivity index (χ0) is 86.1. The van der Waals surface area contributed by atoms with Gasteiger partial charge >= 0.3 is 167 Å². The van der Waals surface area contributed by atoms with E-state index in [1.165, 1.54) is 0 Å². The van der Waals surface area contributed by atoms with E-state index in [1.807, 2.05) is 15.1 Å². The summed E-state index contributed by atoms with van der Waals surface area (Å²) in [7, 11) is 2.18. The van der Waals surface area contributed by atoms with Crippen LogP contribution in [0.3, 0.4) is 0 Å². The van der Waals surface area contributed by atoms with Gasteiger partial charge < -0.3 is 127 Å². The van der Waals surface area contributed by atoms with Crippen molar-refractivity contribution in [2.75, 3.05) is 52.9 Å². The summed E-state index contributed by atoms with van der Waals surface area (Å²) in [5.74, 6) is -2.11. The zero-order valence-electron chi connectivity index (χ0n) is 59.1. The summed E-state index contributed by atoms with van der Waals surface area (Å²) in [5.41, 5.74) is 0. The van der Waals surface area contributed by atoms with Crippen LogP contribution in [0.25, 0.3) is 0 Å². The molecule has 111 heavy (non-hydrogen) atoms. The van der Waals surface area contributed by atoms with E-state index in [2.05, 4.69) is 35.6 Å². The fourth-order valence-electron chi connectivity index (χ4n) is 9.32. The predicted octanol–water partition coefficient (Wildman–Crippen LogP) is -5.47. The molecule has 636 valence electrons. The van der Waals surface area contributed by atoms with Crippen molar-refractivity contribution in [2.24, 2.45) is 41.4 Å². The van der Waals surface area contributed by atoms with Gasteiger partial charge in [0, 0.05) is 78.2 Å². The van der Waals surface area contributed by atoms with Gasteiger partial charge in [-0.25, -0.2) is 36.0 Å². The van der Waals surface area contributed by atoms with E-state index in [9.17, 15) is 81.7 Å². The van der Waals surface area contributed by atoms with Gasteiger partial charge in [0.15, 0.2) is 0 Å². The minimum Gasteiger partial charge on any atom is -0.390 e. The fraction of sp³-hybridized carbons (Fsp3) is 1.00. The molecule has 3 unspecified atom stereocenters. The Balaban J connectivity index is 0.00000127. The Kier molecular flexibility index (Phi) is 48.6. The molecule has 0 aromatic carbocycles. The van der Waals surface area contributed by atoms with E-state index in [0.29, 0.717) is 0 Å². The summed E-state index contributed by atoms with van der Waals surface area (Å²) < 4.78 is 174. The van der Waals surface area contributed by atoms with E-state index >= 15 is 0 Å². The molecule has 7 aliphatic heterocycles. The molecule has 0 aromatic heterocycles. The Morgan fingerprint density at radius 2 is 0.441 bits per heavy atom. The molecular weight excluding hydrogens is 1770 g/mol. The number of ether oxygens (including phenoxy) is 7. The third-order valence-corrected chi connectivity index (χ3v) is 26.9. The number of hydrogen-bond donors (Lipinski definition) is 22. The predicted molar refractivity (Wildman–Crippen MR) is 385 cm³/mol. The fourth-order valence-corrected chi connectivity index (χ4v) is 18.2. The second-order valence-electron chi connectivity index (χ2n) is 25.0. The van der Waals surface area contributed by atoms with Crippen LogP contribution in [0, 0.1) is 41.4 Å². The smallest absolute Gasteiger partial charge is 0.390 e. The maximum atomic E-state index is 11.6. The van der Waals surface area contributed by atoms with Gasteiger partial charge in [0.05, 0.1) is 76.3 Å². The Morgan fingerprint density at radius 3 is 0.595 bits per heavy atom. The number of rotatable bonds is 27. The molecule has 48 nitrogen and oxygen atoms in total. The molecule has 0 aromatic rings. The first-order chi connectivity index (χ1) is 49.3. The van der Waals surface area contributed by atoms with Crippen molar-refractivity contribution in [2.45, 2.75) is 183 Å². The van der Waals surface area contributed by atoms with Crippen LogP contribution in [0.15, 0.2) is 0 Å². The molecule has 7 heterocycles. The Bertz CT molecular complexity index is 2920. The van der Waals surface area contributed by atoms with Gasteiger partial charge in [0.2, 0.25) is 7.57 Å². The van der Waals surface area contributed by atoms with Crippen LogP contribution in [0.5, 0.6) is 0 Å². The number of phosphoric ester groups is 4. The molecule has 0 amide bonds. The number of aliphatic hydroxyl groups is 7. The van der Waals surface area contributed by atoms with Gasteiger partial charge in [-0.2, -0.15) is 0 Å². The summed E-state index contributed by atoms with van der Waals surface area (Å²) in [4.78, 5) is 128. The third kappa shape index (κ3) is 44.7. The molecule has 7 rings (SSSR count). The van der Waals surface area contributed by atoms with E-state index in [1.54, 1.807) is 48.5 Å². The summed E-state index contributed by atoms with van der Waals surface area (Å²) in [5, 5.41) is 67.0. The van der Waals surface area contributed by atoms with Crippen LogP contribution in [-0.4, -0.2) is 367 Å². The second-order valence-corrected chi connectivity index (χ2v) is 42.1. The minimum atomic E-state index is -5.03. The molecular formula is C44H92B8O48P10Se.